The average molecular weight is 196 g/mol. The molecule has 0 aliphatic heterocycles. The molecule has 0 heteroatoms. The first kappa shape index (κ1) is 13.7. The molecule has 14 heavy (non-hydrogen) atoms. The van der Waals surface area contributed by atoms with Crippen LogP contribution in [-0.2, 0) is 0 Å². The van der Waals surface area contributed by atoms with Gasteiger partial charge in [0.25, 0.3) is 0 Å². The molecule has 0 rings (SSSR count). The molecule has 0 aromatic heterocycles. The lowest BCUT2D eigenvalue weighted by Gasteiger charge is -2.09. The largest absolute Gasteiger partial charge is 0.0917 e. The van der Waals surface area contributed by atoms with E-state index in [1.165, 1.54) is 51.4 Å². The summed E-state index contributed by atoms with van der Waals surface area (Å²) < 4.78 is 0. The molecule has 1 unspecified atom stereocenters. The zero-order chi connectivity index (χ0) is 10.6. The SMILES string of the molecule is C/C=C/CCCC(C)CCCCCC. The van der Waals surface area contributed by atoms with Gasteiger partial charge < -0.3 is 0 Å². The molecule has 0 saturated heterocycles. The van der Waals surface area contributed by atoms with Crippen LogP contribution in [0.25, 0.3) is 0 Å². The fourth-order valence-corrected chi connectivity index (χ4v) is 1.81. The number of hydrogen-bond donors (Lipinski definition) is 0. The molecule has 0 heterocycles. The number of rotatable bonds is 9. The van der Waals surface area contributed by atoms with Gasteiger partial charge in [0.15, 0.2) is 0 Å². The topological polar surface area (TPSA) is 0 Å². The van der Waals surface area contributed by atoms with Crippen molar-refractivity contribution in [2.75, 3.05) is 0 Å². The molecule has 0 spiro atoms. The normalized spacial score (nSPS) is 13.6. The molecular weight excluding hydrogens is 168 g/mol. The molecular formula is C14H28. The zero-order valence-corrected chi connectivity index (χ0v) is 10.4. The fourth-order valence-electron chi connectivity index (χ4n) is 1.81. The van der Waals surface area contributed by atoms with E-state index in [2.05, 4.69) is 32.9 Å². The zero-order valence-electron chi connectivity index (χ0n) is 10.4. The molecule has 0 saturated carbocycles. The van der Waals surface area contributed by atoms with Crippen molar-refractivity contribution in [3.05, 3.63) is 12.2 Å². The van der Waals surface area contributed by atoms with Gasteiger partial charge in [-0.3, -0.25) is 0 Å². The van der Waals surface area contributed by atoms with Crippen molar-refractivity contribution < 1.29 is 0 Å². The third-order valence-corrected chi connectivity index (χ3v) is 2.85. The van der Waals surface area contributed by atoms with Crippen molar-refractivity contribution in [2.24, 2.45) is 5.92 Å². The molecule has 0 nitrogen and oxygen atoms in total. The second-order valence-electron chi connectivity index (χ2n) is 4.45. The maximum absolute atomic E-state index is 2.40. The highest BCUT2D eigenvalue weighted by Crippen LogP contribution is 2.16. The van der Waals surface area contributed by atoms with E-state index in [-0.39, 0.29) is 0 Å². The van der Waals surface area contributed by atoms with E-state index in [4.69, 9.17) is 0 Å². The standard InChI is InChI=1S/C14H28/c1-4-6-8-10-12-14(3)13-11-9-7-5-2/h4,6,14H,5,7-13H2,1-3H3/b6-4+. The number of hydrogen-bond acceptors (Lipinski definition) is 0. The van der Waals surface area contributed by atoms with Gasteiger partial charge in [-0.1, -0.05) is 64.5 Å². The van der Waals surface area contributed by atoms with Crippen LogP contribution in [0.2, 0.25) is 0 Å². The van der Waals surface area contributed by atoms with Gasteiger partial charge in [0, 0.05) is 0 Å². The summed E-state index contributed by atoms with van der Waals surface area (Å²) in [6, 6.07) is 0. The Hall–Kier alpha value is -0.260. The summed E-state index contributed by atoms with van der Waals surface area (Å²) in [5.41, 5.74) is 0. The smallest absolute Gasteiger partial charge is 0.0351 e. The van der Waals surface area contributed by atoms with Gasteiger partial charge in [-0.05, 0) is 25.7 Å². The van der Waals surface area contributed by atoms with Gasteiger partial charge in [0.05, 0.1) is 0 Å². The Morgan fingerprint density at radius 3 is 2.36 bits per heavy atom. The highest BCUT2D eigenvalue weighted by Gasteiger charge is 2.00. The minimum atomic E-state index is 0.942. The molecule has 0 radical (unpaired) electrons. The van der Waals surface area contributed by atoms with Crippen LogP contribution in [0.1, 0.15) is 72.1 Å². The summed E-state index contributed by atoms with van der Waals surface area (Å²) in [5.74, 6) is 0.942. The quantitative estimate of drug-likeness (QED) is 0.345. The molecule has 1 atom stereocenters. The second-order valence-corrected chi connectivity index (χ2v) is 4.45. The highest BCUT2D eigenvalue weighted by molar-refractivity contribution is 4.76. The summed E-state index contributed by atoms with van der Waals surface area (Å²) in [5, 5.41) is 0. The molecule has 0 fully saturated rings. The minimum Gasteiger partial charge on any atom is -0.0917 e. The fraction of sp³-hybridized carbons (Fsp3) is 0.857. The van der Waals surface area contributed by atoms with Gasteiger partial charge in [-0.25, -0.2) is 0 Å². The summed E-state index contributed by atoms with van der Waals surface area (Å²) in [6.07, 6.45) is 15.6. The minimum absolute atomic E-state index is 0.942. The Morgan fingerprint density at radius 1 is 1.00 bits per heavy atom. The Balaban J connectivity index is 3.15. The van der Waals surface area contributed by atoms with E-state index >= 15 is 0 Å². The van der Waals surface area contributed by atoms with Crippen LogP contribution in [0.4, 0.5) is 0 Å². The van der Waals surface area contributed by atoms with Gasteiger partial charge in [0.1, 0.15) is 0 Å². The van der Waals surface area contributed by atoms with Crippen LogP contribution in [0.15, 0.2) is 12.2 Å². The van der Waals surface area contributed by atoms with E-state index in [0.29, 0.717) is 0 Å². The first-order valence-corrected chi connectivity index (χ1v) is 6.42. The molecule has 0 aromatic rings. The van der Waals surface area contributed by atoms with E-state index in [1.54, 1.807) is 0 Å². The van der Waals surface area contributed by atoms with E-state index in [1.807, 2.05) is 0 Å². The van der Waals surface area contributed by atoms with Crippen molar-refractivity contribution in [1.82, 2.24) is 0 Å². The predicted octanol–water partition coefficient (Wildman–Crippen LogP) is 5.34. The van der Waals surface area contributed by atoms with Gasteiger partial charge >= 0.3 is 0 Å². The monoisotopic (exact) mass is 196 g/mol. The van der Waals surface area contributed by atoms with Gasteiger partial charge in [0.2, 0.25) is 0 Å². The molecule has 0 aliphatic rings. The van der Waals surface area contributed by atoms with E-state index in [0.717, 1.165) is 5.92 Å². The van der Waals surface area contributed by atoms with Crippen molar-refractivity contribution in [3.8, 4) is 0 Å². The Kier molecular flexibility index (Phi) is 10.6. The van der Waals surface area contributed by atoms with Crippen LogP contribution >= 0.6 is 0 Å². The van der Waals surface area contributed by atoms with Crippen LogP contribution in [0.3, 0.4) is 0 Å². The number of unbranched alkanes of at least 4 members (excludes halogenated alkanes) is 4. The average Bonchev–Trinajstić information content (AvgIpc) is 2.19. The predicted molar refractivity (Wildman–Crippen MR) is 66.6 cm³/mol. The van der Waals surface area contributed by atoms with Crippen molar-refractivity contribution in [3.63, 3.8) is 0 Å². The van der Waals surface area contributed by atoms with E-state index < -0.39 is 0 Å². The molecule has 0 aromatic carbocycles. The van der Waals surface area contributed by atoms with Crippen molar-refractivity contribution in [2.45, 2.75) is 72.1 Å². The Morgan fingerprint density at radius 2 is 1.71 bits per heavy atom. The van der Waals surface area contributed by atoms with E-state index in [9.17, 15) is 0 Å². The van der Waals surface area contributed by atoms with Crippen LogP contribution in [0.5, 0.6) is 0 Å². The van der Waals surface area contributed by atoms with Crippen molar-refractivity contribution >= 4 is 0 Å². The molecule has 0 bridgehead atoms. The lowest BCUT2D eigenvalue weighted by Crippen LogP contribution is -1.94. The van der Waals surface area contributed by atoms with Crippen LogP contribution in [0, 0.1) is 5.92 Å². The van der Waals surface area contributed by atoms with Gasteiger partial charge in [-0.2, -0.15) is 0 Å². The van der Waals surface area contributed by atoms with Gasteiger partial charge in [-0.15, -0.1) is 0 Å². The van der Waals surface area contributed by atoms with Crippen LogP contribution in [-0.4, -0.2) is 0 Å². The lowest BCUT2D eigenvalue weighted by atomic mass is 9.97. The third kappa shape index (κ3) is 9.83. The number of allylic oxidation sites excluding steroid dienone is 2. The highest BCUT2D eigenvalue weighted by atomic mass is 14.1. The molecule has 84 valence electrons. The Labute approximate surface area is 90.8 Å². The molecule has 0 N–H and O–H groups in total. The summed E-state index contributed by atoms with van der Waals surface area (Å²) in [7, 11) is 0. The first-order valence-electron chi connectivity index (χ1n) is 6.42. The summed E-state index contributed by atoms with van der Waals surface area (Å²) >= 11 is 0. The lowest BCUT2D eigenvalue weighted by molar-refractivity contribution is 0.448. The molecule has 0 aliphatic carbocycles. The van der Waals surface area contributed by atoms with Crippen LogP contribution < -0.4 is 0 Å². The second kappa shape index (κ2) is 10.8. The summed E-state index contributed by atoms with van der Waals surface area (Å²) in [6.45, 7) is 6.79. The third-order valence-electron chi connectivity index (χ3n) is 2.85. The first-order chi connectivity index (χ1) is 6.81. The Bertz CT molecular complexity index is 124. The van der Waals surface area contributed by atoms with Crippen molar-refractivity contribution in [1.29, 1.82) is 0 Å². The summed E-state index contributed by atoms with van der Waals surface area (Å²) in [4.78, 5) is 0. The maximum Gasteiger partial charge on any atom is -0.0351 e. The molecule has 0 amide bonds. The maximum atomic E-state index is 2.40.